The van der Waals surface area contributed by atoms with Crippen LogP contribution in [0.15, 0.2) is 40.9 Å². The van der Waals surface area contributed by atoms with Crippen LogP contribution in [0.4, 0.5) is 13.2 Å². The first kappa shape index (κ1) is 12.8. The van der Waals surface area contributed by atoms with Crippen LogP contribution in [-0.4, -0.2) is 5.78 Å². The van der Waals surface area contributed by atoms with Crippen molar-refractivity contribution >= 4 is 21.7 Å². The van der Waals surface area contributed by atoms with Crippen molar-refractivity contribution in [1.29, 1.82) is 0 Å². The van der Waals surface area contributed by atoms with Gasteiger partial charge in [-0.15, -0.1) is 0 Å². The van der Waals surface area contributed by atoms with Gasteiger partial charge in [-0.1, -0.05) is 15.9 Å². The smallest absolute Gasteiger partial charge is 0.196 e. The van der Waals surface area contributed by atoms with Crippen LogP contribution in [0.2, 0.25) is 0 Å². The van der Waals surface area contributed by atoms with Crippen molar-refractivity contribution in [2.45, 2.75) is 0 Å². The molecule has 18 heavy (non-hydrogen) atoms. The maximum atomic E-state index is 13.4. The van der Waals surface area contributed by atoms with Gasteiger partial charge in [0.15, 0.2) is 5.78 Å². The highest BCUT2D eigenvalue weighted by Gasteiger charge is 2.15. The van der Waals surface area contributed by atoms with Gasteiger partial charge in [-0.3, -0.25) is 4.79 Å². The molecule has 0 aromatic heterocycles. The predicted molar refractivity (Wildman–Crippen MR) is 63.9 cm³/mol. The highest BCUT2D eigenvalue weighted by molar-refractivity contribution is 9.10. The second-order valence-corrected chi connectivity index (χ2v) is 4.53. The van der Waals surface area contributed by atoms with Crippen molar-refractivity contribution in [2.75, 3.05) is 0 Å². The molecule has 0 fully saturated rings. The molecule has 0 heterocycles. The van der Waals surface area contributed by atoms with Gasteiger partial charge in [0.25, 0.3) is 0 Å². The van der Waals surface area contributed by atoms with Gasteiger partial charge in [-0.05, 0) is 30.3 Å². The summed E-state index contributed by atoms with van der Waals surface area (Å²) in [6, 6.07) is 6.17. The Bertz CT molecular complexity index is 605. The molecule has 0 bridgehead atoms. The molecule has 0 aliphatic heterocycles. The van der Waals surface area contributed by atoms with Crippen LogP contribution in [0.5, 0.6) is 0 Å². The highest BCUT2D eigenvalue weighted by Crippen LogP contribution is 2.19. The van der Waals surface area contributed by atoms with E-state index in [-0.39, 0.29) is 11.1 Å². The Morgan fingerprint density at radius 1 is 0.944 bits per heavy atom. The van der Waals surface area contributed by atoms with Gasteiger partial charge in [0.05, 0.1) is 5.56 Å². The van der Waals surface area contributed by atoms with Crippen molar-refractivity contribution in [3.8, 4) is 0 Å². The first-order valence-electron chi connectivity index (χ1n) is 4.93. The van der Waals surface area contributed by atoms with Crippen molar-refractivity contribution in [2.24, 2.45) is 0 Å². The zero-order chi connectivity index (χ0) is 13.3. The standard InChI is InChI=1S/C13H6BrF3O/c14-8-3-7(4-10(16)5-8)13(18)11-2-1-9(15)6-12(11)17/h1-6H. The normalized spacial score (nSPS) is 10.4. The fourth-order valence-corrected chi connectivity index (χ4v) is 1.98. The van der Waals surface area contributed by atoms with Crippen LogP contribution in [0.3, 0.4) is 0 Å². The molecule has 5 heteroatoms. The molecule has 0 aliphatic rings. The average molecular weight is 315 g/mol. The van der Waals surface area contributed by atoms with Gasteiger partial charge >= 0.3 is 0 Å². The Hall–Kier alpha value is -1.62. The third-order valence-corrected chi connectivity index (χ3v) is 2.76. The molecule has 0 spiro atoms. The van der Waals surface area contributed by atoms with Gasteiger partial charge in [0.2, 0.25) is 0 Å². The molecule has 2 aromatic carbocycles. The molecule has 2 aromatic rings. The van der Waals surface area contributed by atoms with E-state index in [4.69, 9.17) is 0 Å². The van der Waals surface area contributed by atoms with Crippen LogP contribution in [0.25, 0.3) is 0 Å². The Morgan fingerprint density at radius 3 is 2.28 bits per heavy atom. The van der Waals surface area contributed by atoms with Crippen molar-refractivity contribution in [3.63, 3.8) is 0 Å². The lowest BCUT2D eigenvalue weighted by molar-refractivity contribution is 0.103. The molecule has 0 saturated carbocycles. The number of hydrogen-bond donors (Lipinski definition) is 0. The van der Waals surface area contributed by atoms with E-state index in [0.717, 1.165) is 18.2 Å². The molecule has 0 amide bonds. The molecule has 0 atom stereocenters. The minimum absolute atomic E-state index is 0.00705. The average Bonchev–Trinajstić information content (AvgIpc) is 2.26. The second kappa shape index (κ2) is 4.94. The van der Waals surface area contributed by atoms with E-state index in [2.05, 4.69) is 15.9 Å². The third-order valence-electron chi connectivity index (χ3n) is 2.30. The number of carbonyl (C=O) groups is 1. The van der Waals surface area contributed by atoms with Crippen LogP contribution < -0.4 is 0 Å². The van der Waals surface area contributed by atoms with E-state index >= 15 is 0 Å². The van der Waals surface area contributed by atoms with Gasteiger partial charge in [0.1, 0.15) is 17.5 Å². The van der Waals surface area contributed by atoms with E-state index < -0.39 is 23.2 Å². The van der Waals surface area contributed by atoms with Crippen LogP contribution in [-0.2, 0) is 0 Å². The van der Waals surface area contributed by atoms with Gasteiger partial charge in [0, 0.05) is 16.1 Å². The Labute approximate surface area is 109 Å². The lowest BCUT2D eigenvalue weighted by Gasteiger charge is -2.04. The summed E-state index contributed by atoms with van der Waals surface area (Å²) < 4.78 is 39.6. The van der Waals surface area contributed by atoms with Crippen molar-refractivity contribution in [3.05, 3.63) is 69.4 Å². The van der Waals surface area contributed by atoms with Gasteiger partial charge < -0.3 is 0 Å². The minimum Gasteiger partial charge on any atom is -0.288 e. The van der Waals surface area contributed by atoms with Gasteiger partial charge in [-0.25, -0.2) is 13.2 Å². The van der Waals surface area contributed by atoms with E-state index in [1.54, 1.807) is 0 Å². The molecule has 92 valence electrons. The van der Waals surface area contributed by atoms with Crippen LogP contribution >= 0.6 is 15.9 Å². The first-order valence-corrected chi connectivity index (χ1v) is 5.72. The fraction of sp³-hybridized carbons (Fsp3) is 0. The maximum absolute atomic E-state index is 13.4. The Morgan fingerprint density at radius 2 is 1.67 bits per heavy atom. The fourth-order valence-electron chi connectivity index (χ4n) is 1.51. The van der Waals surface area contributed by atoms with Crippen LogP contribution in [0, 0.1) is 17.5 Å². The third kappa shape index (κ3) is 2.61. The lowest BCUT2D eigenvalue weighted by atomic mass is 10.0. The summed E-state index contributed by atoms with van der Waals surface area (Å²) >= 11 is 3.04. The first-order chi connectivity index (χ1) is 8.47. The summed E-state index contributed by atoms with van der Waals surface area (Å²) in [7, 11) is 0. The summed E-state index contributed by atoms with van der Waals surface area (Å²) in [5.74, 6) is -3.06. The van der Waals surface area contributed by atoms with E-state index in [0.29, 0.717) is 10.5 Å². The van der Waals surface area contributed by atoms with Crippen molar-refractivity contribution < 1.29 is 18.0 Å². The van der Waals surface area contributed by atoms with Crippen molar-refractivity contribution in [1.82, 2.24) is 0 Å². The van der Waals surface area contributed by atoms with Gasteiger partial charge in [-0.2, -0.15) is 0 Å². The number of benzene rings is 2. The molecule has 2 rings (SSSR count). The predicted octanol–water partition coefficient (Wildman–Crippen LogP) is 4.10. The summed E-state index contributed by atoms with van der Waals surface area (Å²) in [5, 5.41) is 0. The molecule has 0 saturated heterocycles. The SMILES string of the molecule is O=C(c1cc(F)cc(Br)c1)c1ccc(F)cc1F. The molecular weight excluding hydrogens is 309 g/mol. The number of halogens is 4. The molecule has 0 unspecified atom stereocenters. The molecule has 0 aliphatic carbocycles. The number of ketones is 1. The topological polar surface area (TPSA) is 17.1 Å². The second-order valence-electron chi connectivity index (χ2n) is 3.61. The van der Waals surface area contributed by atoms with E-state index in [9.17, 15) is 18.0 Å². The van der Waals surface area contributed by atoms with E-state index in [1.165, 1.54) is 12.1 Å². The maximum Gasteiger partial charge on any atom is 0.196 e. The summed E-state index contributed by atoms with van der Waals surface area (Å²) in [4.78, 5) is 11.9. The monoisotopic (exact) mass is 314 g/mol. The largest absolute Gasteiger partial charge is 0.288 e. The van der Waals surface area contributed by atoms with Crippen LogP contribution in [0.1, 0.15) is 15.9 Å². The minimum atomic E-state index is -0.972. The zero-order valence-corrected chi connectivity index (χ0v) is 10.5. The molecular formula is C13H6BrF3O. The van der Waals surface area contributed by atoms with E-state index in [1.807, 2.05) is 0 Å². The molecule has 1 nitrogen and oxygen atoms in total. The number of rotatable bonds is 2. The summed E-state index contributed by atoms with van der Waals surface area (Å²) in [5.41, 5.74) is -0.304. The highest BCUT2D eigenvalue weighted by atomic mass is 79.9. The molecule has 0 radical (unpaired) electrons. The Balaban J connectivity index is 2.47. The lowest BCUT2D eigenvalue weighted by Crippen LogP contribution is -2.05. The summed E-state index contributed by atoms with van der Waals surface area (Å²) in [6.07, 6.45) is 0. The Kier molecular flexibility index (Phi) is 3.52. The zero-order valence-electron chi connectivity index (χ0n) is 8.88. The number of hydrogen-bond acceptors (Lipinski definition) is 1. The number of carbonyl (C=O) groups excluding carboxylic acids is 1. The quantitative estimate of drug-likeness (QED) is 0.763. The molecule has 0 N–H and O–H groups in total. The summed E-state index contributed by atoms with van der Waals surface area (Å²) in [6.45, 7) is 0.